The molecule has 0 bridgehead atoms. The molecular weight excluding hydrogens is 298 g/mol. The monoisotopic (exact) mass is 319 g/mol. The highest BCUT2D eigenvalue weighted by Crippen LogP contribution is 2.39. The van der Waals surface area contributed by atoms with E-state index in [1.165, 1.54) is 0 Å². The van der Waals surface area contributed by atoms with Gasteiger partial charge in [-0.2, -0.15) is 5.26 Å². The molecule has 1 aliphatic carbocycles. The van der Waals surface area contributed by atoms with Gasteiger partial charge in [0.1, 0.15) is 5.54 Å². The minimum Gasteiger partial charge on any atom is -0.337 e. The lowest BCUT2D eigenvalue weighted by Gasteiger charge is -2.28. The van der Waals surface area contributed by atoms with Crippen LogP contribution in [0.3, 0.4) is 0 Å². The Bertz CT molecular complexity index is 577. The molecule has 4 nitrogen and oxygen atoms in total. The number of carbonyl (C=O) groups is 1. The predicted octanol–water partition coefficient (Wildman–Crippen LogP) is 3.14. The van der Waals surface area contributed by atoms with Gasteiger partial charge >= 0.3 is 0 Å². The van der Waals surface area contributed by atoms with Crippen molar-refractivity contribution < 1.29 is 4.79 Å². The van der Waals surface area contributed by atoms with Crippen molar-refractivity contribution in [3.05, 3.63) is 34.9 Å². The van der Waals surface area contributed by atoms with Crippen molar-refractivity contribution in [2.24, 2.45) is 5.92 Å². The number of nitriles is 1. The smallest absolute Gasteiger partial charge is 0.235 e. The van der Waals surface area contributed by atoms with Gasteiger partial charge in [-0.25, -0.2) is 0 Å². The molecule has 0 heterocycles. The number of nitrogens with one attached hydrogen (secondary N) is 1. The number of hydrogen-bond donors (Lipinski definition) is 1. The lowest BCUT2D eigenvalue weighted by atomic mass is 9.98. The van der Waals surface area contributed by atoms with Gasteiger partial charge in [-0.1, -0.05) is 23.7 Å². The number of carbonyl (C=O) groups excluding carboxylic acids is 1. The molecule has 0 aromatic heterocycles. The molecule has 1 aromatic carbocycles. The van der Waals surface area contributed by atoms with Crippen molar-refractivity contribution in [2.45, 2.75) is 38.3 Å². The molecule has 1 fully saturated rings. The summed E-state index contributed by atoms with van der Waals surface area (Å²) in [6, 6.07) is 9.96. The van der Waals surface area contributed by atoms with E-state index in [4.69, 9.17) is 11.6 Å². The van der Waals surface area contributed by atoms with Crippen LogP contribution in [0.5, 0.6) is 0 Å². The van der Waals surface area contributed by atoms with E-state index in [0.717, 1.165) is 18.4 Å². The fourth-order valence-corrected chi connectivity index (χ4v) is 2.70. The van der Waals surface area contributed by atoms with E-state index in [-0.39, 0.29) is 18.5 Å². The van der Waals surface area contributed by atoms with Crippen molar-refractivity contribution >= 4 is 17.5 Å². The first-order chi connectivity index (χ1) is 10.4. The molecule has 0 spiro atoms. The third kappa shape index (κ3) is 4.00. The Balaban J connectivity index is 1.93. The number of benzene rings is 1. The lowest BCUT2D eigenvalue weighted by Crippen LogP contribution is -2.50. The quantitative estimate of drug-likeness (QED) is 0.876. The minimum atomic E-state index is -0.735. The van der Waals surface area contributed by atoms with Gasteiger partial charge in [0, 0.05) is 11.1 Å². The van der Waals surface area contributed by atoms with Crippen molar-refractivity contribution in [1.82, 2.24) is 10.2 Å². The predicted molar refractivity (Wildman–Crippen MR) is 87.4 cm³/mol. The molecule has 2 atom stereocenters. The maximum Gasteiger partial charge on any atom is 0.235 e. The first-order valence-electron chi connectivity index (χ1n) is 7.53. The van der Waals surface area contributed by atoms with Crippen molar-refractivity contribution in [2.75, 3.05) is 13.6 Å². The summed E-state index contributed by atoms with van der Waals surface area (Å²) in [5.74, 6) is 0.180. The third-order valence-electron chi connectivity index (χ3n) is 4.43. The first kappa shape index (κ1) is 16.8. The molecule has 5 heteroatoms. The van der Waals surface area contributed by atoms with E-state index in [9.17, 15) is 10.1 Å². The largest absolute Gasteiger partial charge is 0.337 e. The van der Waals surface area contributed by atoms with Crippen LogP contribution in [0.1, 0.15) is 38.3 Å². The van der Waals surface area contributed by atoms with Crippen LogP contribution in [-0.2, 0) is 4.79 Å². The van der Waals surface area contributed by atoms with E-state index in [0.29, 0.717) is 10.9 Å². The molecule has 1 aromatic rings. The van der Waals surface area contributed by atoms with Gasteiger partial charge in [-0.15, -0.1) is 0 Å². The van der Waals surface area contributed by atoms with E-state index in [1.807, 2.05) is 50.1 Å². The summed E-state index contributed by atoms with van der Waals surface area (Å²) < 4.78 is 0. The van der Waals surface area contributed by atoms with Crippen LogP contribution in [0.15, 0.2) is 24.3 Å². The van der Waals surface area contributed by atoms with Crippen LogP contribution < -0.4 is 5.32 Å². The zero-order valence-electron chi connectivity index (χ0n) is 13.3. The number of rotatable bonds is 6. The molecule has 1 saturated carbocycles. The number of hydrogen-bond acceptors (Lipinski definition) is 3. The Morgan fingerprint density at radius 3 is 2.59 bits per heavy atom. The van der Waals surface area contributed by atoms with Crippen LogP contribution in [0.2, 0.25) is 5.02 Å². The second-order valence-electron chi connectivity index (χ2n) is 6.28. The number of halogens is 1. The van der Waals surface area contributed by atoms with Crippen LogP contribution in [0, 0.1) is 17.2 Å². The van der Waals surface area contributed by atoms with Crippen molar-refractivity contribution in [1.29, 1.82) is 5.26 Å². The average molecular weight is 320 g/mol. The highest BCUT2D eigenvalue weighted by atomic mass is 35.5. The Morgan fingerprint density at radius 1 is 1.50 bits per heavy atom. The fourth-order valence-electron chi connectivity index (χ4n) is 2.57. The molecule has 1 amide bonds. The maximum absolute atomic E-state index is 12.2. The van der Waals surface area contributed by atoms with Crippen LogP contribution in [-0.4, -0.2) is 29.9 Å². The van der Waals surface area contributed by atoms with E-state index in [1.54, 1.807) is 0 Å². The van der Waals surface area contributed by atoms with Gasteiger partial charge in [0.15, 0.2) is 0 Å². The highest BCUT2D eigenvalue weighted by Gasteiger charge is 2.43. The molecule has 0 saturated heterocycles. The van der Waals surface area contributed by atoms with Gasteiger partial charge in [-0.3, -0.25) is 9.69 Å². The second-order valence-corrected chi connectivity index (χ2v) is 6.72. The maximum atomic E-state index is 12.2. The molecular formula is C17H22ClN3O. The second kappa shape index (κ2) is 6.68. The molecule has 0 aliphatic heterocycles. The molecule has 118 valence electrons. The summed E-state index contributed by atoms with van der Waals surface area (Å²) >= 11 is 5.90. The van der Waals surface area contributed by atoms with E-state index >= 15 is 0 Å². The summed E-state index contributed by atoms with van der Waals surface area (Å²) in [7, 11) is 1.90. The Morgan fingerprint density at radius 2 is 2.09 bits per heavy atom. The van der Waals surface area contributed by atoms with Gasteiger partial charge < -0.3 is 5.32 Å². The zero-order chi connectivity index (χ0) is 16.3. The van der Waals surface area contributed by atoms with Gasteiger partial charge in [-0.05, 0) is 57.4 Å². The molecule has 2 unspecified atom stereocenters. The summed E-state index contributed by atoms with van der Waals surface area (Å²) in [5, 5.41) is 12.9. The van der Waals surface area contributed by atoms with Gasteiger partial charge in [0.05, 0.1) is 12.6 Å². The zero-order valence-corrected chi connectivity index (χ0v) is 14.0. The van der Waals surface area contributed by atoms with Gasteiger partial charge in [0.25, 0.3) is 0 Å². The van der Waals surface area contributed by atoms with Crippen molar-refractivity contribution in [3.8, 4) is 6.07 Å². The number of nitrogens with zero attached hydrogens (tertiary/aromatic N) is 2. The number of likely N-dealkylation sites (N-methyl/N-ethyl adjacent to an activating group) is 1. The highest BCUT2D eigenvalue weighted by molar-refractivity contribution is 6.30. The molecule has 1 N–H and O–H groups in total. The molecule has 1 aliphatic rings. The third-order valence-corrected chi connectivity index (χ3v) is 4.68. The normalized spacial score (nSPS) is 18.4. The topological polar surface area (TPSA) is 56.1 Å². The average Bonchev–Trinajstić information content (AvgIpc) is 3.32. The first-order valence-corrected chi connectivity index (χ1v) is 7.91. The molecule has 0 radical (unpaired) electrons. The summed E-state index contributed by atoms with van der Waals surface area (Å²) in [5.41, 5.74) is 0.367. The Kier molecular flexibility index (Phi) is 5.10. The SMILES string of the molecule is CC(c1ccc(Cl)cc1)N(C)CC(=O)NC(C)(C#N)C1CC1. The van der Waals surface area contributed by atoms with Crippen molar-refractivity contribution in [3.63, 3.8) is 0 Å². The summed E-state index contributed by atoms with van der Waals surface area (Å²) in [6.07, 6.45) is 2.03. The van der Waals surface area contributed by atoms with E-state index < -0.39 is 5.54 Å². The Hall–Kier alpha value is -1.57. The molecule has 2 rings (SSSR count). The summed E-state index contributed by atoms with van der Waals surface area (Å²) in [6.45, 7) is 4.11. The lowest BCUT2D eigenvalue weighted by molar-refractivity contribution is -0.123. The standard InChI is InChI=1S/C17H22ClN3O/c1-12(13-4-8-15(18)9-5-13)21(3)10-16(22)20-17(2,11-19)14-6-7-14/h4-5,8-9,12,14H,6-7,10H2,1-3H3,(H,20,22). The summed E-state index contributed by atoms with van der Waals surface area (Å²) in [4.78, 5) is 14.2. The van der Waals surface area contributed by atoms with Crippen LogP contribution >= 0.6 is 11.6 Å². The fraction of sp³-hybridized carbons (Fsp3) is 0.529. The number of amides is 1. The molecule has 22 heavy (non-hydrogen) atoms. The van der Waals surface area contributed by atoms with Crippen LogP contribution in [0.4, 0.5) is 0 Å². The Labute approximate surface area is 137 Å². The van der Waals surface area contributed by atoms with Gasteiger partial charge in [0.2, 0.25) is 5.91 Å². The minimum absolute atomic E-state index is 0.0947. The van der Waals surface area contributed by atoms with Crippen LogP contribution in [0.25, 0.3) is 0 Å². The van der Waals surface area contributed by atoms with E-state index in [2.05, 4.69) is 11.4 Å².